The van der Waals surface area contributed by atoms with E-state index in [9.17, 15) is 18.0 Å². The van der Waals surface area contributed by atoms with Gasteiger partial charge in [0.15, 0.2) is 6.10 Å². The minimum atomic E-state index is -3.76. The van der Waals surface area contributed by atoms with Crippen LogP contribution in [0.2, 0.25) is 0 Å². The first kappa shape index (κ1) is 23.4. The number of carbonyl (C=O) groups is 2. The molecule has 8 nitrogen and oxygen atoms in total. The van der Waals surface area contributed by atoms with Crippen molar-refractivity contribution in [3.05, 3.63) is 59.2 Å². The molecule has 2 heterocycles. The summed E-state index contributed by atoms with van der Waals surface area (Å²) in [6, 6.07) is 12.1. The van der Waals surface area contributed by atoms with Crippen LogP contribution in [-0.4, -0.2) is 63.6 Å². The molecule has 33 heavy (non-hydrogen) atoms. The number of rotatable bonds is 5. The van der Waals surface area contributed by atoms with Crippen LogP contribution in [0.15, 0.2) is 47.4 Å². The average molecular weight is 473 g/mol. The Morgan fingerprint density at radius 3 is 2.55 bits per heavy atom. The molecule has 1 fully saturated rings. The first-order valence-electron chi connectivity index (χ1n) is 11.1. The molecule has 1 saturated heterocycles. The molecule has 2 aromatic carbocycles. The van der Waals surface area contributed by atoms with Gasteiger partial charge in [-0.05, 0) is 56.0 Å². The molecule has 0 saturated carbocycles. The zero-order valence-electron chi connectivity index (χ0n) is 18.8. The van der Waals surface area contributed by atoms with Crippen LogP contribution in [0.1, 0.15) is 34.8 Å². The smallest absolute Gasteiger partial charge is 0.339 e. The topological polar surface area (TPSA) is 93.2 Å². The van der Waals surface area contributed by atoms with Gasteiger partial charge in [0.25, 0.3) is 5.91 Å². The molecule has 0 N–H and O–H groups in total. The second-order valence-corrected chi connectivity index (χ2v) is 10.2. The number of ether oxygens (including phenoxy) is 2. The zero-order valence-corrected chi connectivity index (χ0v) is 19.6. The Balaban J connectivity index is 1.52. The molecule has 0 spiro atoms. The zero-order chi connectivity index (χ0) is 23.6. The number of morpholine rings is 1. The predicted molar refractivity (Wildman–Crippen MR) is 123 cm³/mol. The van der Waals surface area contributed by atoms with Crippen molar-refractivity contribution in [1.82, 2.24) is 4.31 Å². The second kappa shape index (κ2) is 9.62. The van der Waals surface area contributed by atoms with Crippen molar-refractivity contribution in [3.8, 4) is 0 Å². The maximum Gasteiger partial charge on any atom is 0.339 e. The lowest BCUT2D eigenvalue weighted by Gasteiger charge is -2.31. The summed E-state index contributed by atoms with van der Waals surface area (Å²) in [4.78, 5) is 27.7. The van der Waals surface area contributed by atoms with E-state index < -0.39 is 22.1 Å². The highest BCUT2D eigenvalue weighted by Crippen LogP contribution is 2.28. The molecule has 176 valence electrons. The number of esters is 1. The van der Waals surface area contributed by atoms with Crippen molar-refractivity contribution in [3.63, 3.8) is 0 Å². The van der Waals surface area contributed by atoms with Gasteiger partial charge in [0.1, 0.15) is 0 Å². The monoisotopic (exact) mass is 472 g/mol. The number of hydrogen-bond donors (Lipinski definition) is 0. The first-order valence-corrected chi connectivity index (χ1v) is 12.5. The van der Waals surface area contributed by atoms with Gasteiger partial charge >= 0.3 is 5.97 Å². The van der Waals surface area contributed by atoms with Crippen LogP contribution in [0.4, 0.5) is 5.69 Å². The molecule has 4 rings (SSSR count). The molecule has 1 amide bonds. The van der Waals surface area contributed by atoms with Gasteiger partial charge in [-0.25, -0.2) is 13.2 Å². The lowest BCUT2D eigenvalue weighted by Crippen LogP contribution is -2.42. The van der Waals surface area contributed by atoms with Crippen LogP contribution in [0, 0.1) is 6.92 Å². The fraction of sp³-hybridized carbons (Fsp3) is 0.417. The molecule has 0 bridgehead atoms. The van der Waals surface area contributed by atoms with Gasteiger partial charge in [-0.15, -0.1) is 0 Å². The highest BCUT2D eigenvalue weighted by atomic mass is 32.2. The number of carbonyl (C=O) groups excluding carboxylic acids is 2. The number of benzene rings is 2. The number of sulfonamides is 1. The molecule has 2 aromatic rings. The predicted octanol–water partition coefficient (Wildman–Crippen LogP) is 2.54. The number of anilines is 1. The Hall–Kier alpha value is -2.75. The van der Waals surface area contributed by atoms with Crippen molar-refractivity contribution < 1.29 is 27.5 Å². The van der Waals surface area contributed by atoms with E-state index in [1.165, 1.54) is 16.4 Å². The largest absolute Gasteiger partial charge is 0.449 e. The van der Waals surface area contributed by atoms with Crippen LogP contribution in [0.3, 0.4) is 0 Å². The summed E-state index contributed by atoms with van der Waals surface area (Å²) in [5, 5.41) is 0. The maximum atomic E-state index is 13.1. The van der Waals surface area contributed by atoms with Gasteiger partial charge in [-0.3, -0.25) is 4.79 Å². The quantitative estimate of drug-likeness (QED) is 0.621. The normalized spacial score (nSPS) is 17.8. The highest BCUT2D eigenvalue weighted by Gasteiger charge is 2.31. The number of hydrogen-bond acceptors (Lipinski definition) is 6. The fourth-order valence-corrected chi connectivity index (χ4v) is 5.61. The Morgan fingerprint density at radius 2 is 1.79 bits per heavy atom. The van der Waals surface area contributed by atoms with Crippen LogP contribution in [-0.2, 0) is 30.7 Å². The van der Waals surface area contributed by atoms with Gasteiger partial charge in [-0.1, -0.05) is 24.3 Å². The summed E-state index contributed by atoms with van der Waals surface area (Å²) in [5.41, 5.74) is 2.63. The average Bonchev–Trinajstić information content (AvgIpc) is 2.83. The summed E-state index contributed by atoms with van der Waals surface area (Å²) >= 11 is 0. The second-order valence-electron chi connectivity index (χ2n) is 8.26. The van der Waals surface area contributed by atoms with E-state index in [2.05, 4.69) is 0 Å². The standard InChI is InChI=1S/C24H28N2O6S/c1-17-9-10-20(33(29,30)25-12-14-31-15-13-25)16-21(17)24(28)32-18(2)23(27)26-11-5-7-19-6-3-4-8-22(19)26/h3-4,6,8-10,16,18H,5,7,11-15H2,1-2H3. The van der Waals surface area contributed by atoms with Crippen LogP contribution < -0.4 is 4.90 Å². The Morgan fingerprint density at radius 1 is 1.06 bits per heavy atom. The van der Waals surface area contributed by atoms with Gasteiger partial charge < -0.3 is 14.4 Å². The van der Waals surface area contributed by atoms with Crippen LogP contribution in [0.5, 0.6) is 0 Å². The van der Waals surface area contributed by atoms with E-state index in [1.807, 2.05) is 24.3 Å². The molecular formula is C24H28N2O6S. The van der Waals surface area contributed by atoms with E-state index in [0.717, 1.165) is 24.1 Å². The Labute approximate surface area is 194 Å². The highest BCUT2D eigenvalue weighted by molar-refractivity contribution is 7.89. The van der Waals surface area contributed by atoms with Crippen molar-refractivity contribution in [2.45, 2.75) is 37.7 Å². The van der Waals surface area contributed by atoms with Crippen molar-refractivity contribution in [2.24, 2.45) is 0 Å². The van der Waals surface area contributed by atoms with E-state index in [4.69, 9.17) is 9.47 Å². The van der Waals surface area contributed by atoms with E-state index in [-0.39, 0.29) is 29.5 Å². The van der Waals surface area contributed by atoms with Crippen LogP contribution in [0.25, 0.3) is 0 Å². The SMILES string of the molecule is Cc1ccc(S(=O)(=O)N2CCOCC2)cc1C(=O)OC(C)C(=O)N1CCCc2ccccc21. The summed E-state index contributed by atoms with van der Waals surface area (Å²) in [5.74, 6) is -1.03. The Bertz CT molecular complexity index is 1160. The van der Waals surface area contributed by atoms with Crippen molar-refractivity contribution in [1.29, 1.82) is 0 Å². The third-order valence-electron chi connectivity index (χ3n) is 6.04. The Kier molecular flexibility index (Phi) is 6.83. The van der Waals surface area contributed by atoms with Crippen LogP contribution >= 0.6 is 0 Å². The van der Waals surface area contributed by atoms with Crippen molar-refractivity contribution >= 4 is 27.6 Å². The third-order valence-corrected chi connectivity index (χ3v) is 7.94. The minimum Gasteiger partial charge on any atom is -0.449 e. The fourth-order valence-electron chi connectivity index (χ4n) is 4.17. The van der Waals surface area contributed by atoms with Crippen molar-refractivity contribution in [2.75, 3.05) is 37.7 Å². The van der Waals surface area contributed by atoms with Gasteiger partial charge in [-0.2, -0.15) is 4.31 Å². The summed E-state index contributed by atoms with van der Waals surface area (Å²) < 4.78 is 38.0. The first-order chi connectivity index (χ1) is 15.8. The third kappa shape index (κ3) is 4.80. The number of nitrogens with zero attached hydrogens (tertiary/aromatic N) is 2. The molecule has 1 atom stereocenters. The summed E-state index contributed by atoms with van der Waals surface area (Å²) in [6.07, 6.45) is 0.726. The van der Waals surface area contributed by atoms with E-state index in [0.29, 0.717) is 25.3 Å². The molecule has 0 radical (unpaired) electrons. The number of amides is 1. The molecular weight excluding hydrogens is 444 g/mol. The maximum absolute atomic E-state index is 13.1. The van der Waals surface area contributed by atoms with Gasteiger partial charge in [0, 0.05) is 25.3 Å². The lowest BCUT2D eigenvalue weighted by atomic mass is 10.0. The molecule has 1 unspecified atom stereocenters. The number of aryl methyl sites for hydroxylation is 2. The molecule has 0 aliphatic carbocycles. The van der Waals surface area contributed by atoms with E-state index >= 15 is 0 Å². The summed E-state index contributed by atoms with van der Waals surface area (Å²) in [7, 11) is -3.76. The minimum absolute atomic E-state index is 0.0193. The number of para-hydroxylation sites is 1. The summed E-state index contributed by atoms with van der Waals surface area (Å²) in [6.45, 7) is 5.00. The van der Waals surface area contributed by atoms with Gasteiger partial charge in [0.2, 0.25) is 10.0 Å². The van der Waals surface area contributed by atoms with Gasteiger partial charge in [0.05, 0.1) is 23.7 Å². The molecule has 2 aliphatic rings. The number of fused-ring (bicyclic) bond motifs is 1. The lowest BCUT2D eigenvalue weighted by molar-refractivity contribution is -0.126. The molecule has 0 aromatic heterocycles. The molecule has 2 aliphatic heterocycles. The van der Waals surface area contributed by atoms with E-state index in [1.54, 1.807) is 24.8 Å². The molecule has 9 heteroatoms.